The largest absolute Gasteiger partial charge is 0.354 e. The Morgan fingerprint density at radius 2 is 1.84 bits per heavy atom. The van der Waals surface area contributed by atoms with Crippen LogP contribution >= 0.6 is 24.0 Å². The van der Waals surface area contributed by atoms with Crippen LogP contribution in [0.3, 0.4) is 0 Å². The van der Waals surface area contributed by atoms with Gasteiger partial charge in [-0.3, -0.25) is 4.68 Å². The van der Waals surface area contributed by atoms with E-state index >= 15 is 0 Å². The van der Waals surface area contributed by atoms with Crippen molar-refractivity contribution in [3.8, 4) is 0 Å². The molecule has 1 N–H and O–H groups in total. The molecule has 0 unspecified atom stereocenters. The number of piperazine rings is 1. The molecule has 1 saturated heterocycles. The maximum Gasteiger partial charge on any atom is 0.131 e. The molecule has 3 heterocycles. The van der Waals surface area contributed by atoms with Gasteiger partial charge in [0.2, 0.25) is 0 Å². The normalized spacial score (nSPS) is 15.3. The predicted molar refractivity (Wildman–Crippen MR) is 105 cm³/mol. The second-order valence-corrected chi connectivity index (χ2v) is 6.75. The molecule has 0 spiro atoms. The van der Waals surface area contributed by atoms with Crippen molar-refractivity contribution >= 4 is 29.8 Å². The molecule has 0 aliphatic carbocycles. The number of likely N-dealkylation sites (N-methyl/N-ethyl adjacent to an activating group) is 1. The summed E-state index contributed by atoms with van der Waals surface area (Å²) < 4.78 is 1.71. The molecule has 1 fully saturated rings. The number of pyridine rings is 1. The monoisotopic (exact) mass is 384 g/mol. The molecule has 25 heavy (non-hydrogen) atoms. The number of hydrogen-bond acceptors (Lipinski definition) is 5. The second-order valence-electron chi connectivity index (χ2n) is 6.40. The molecule has 2 aromatic heterocycles. The molecular weight excluding hydrogens is 359 g/mol. The van der Waals surface area contributed by atoms with E-state index in [2.05, 4.69) is 44.4 Å². The Hall–Kier alpha value is -1.34. The number of halogens is 2. The summed E-state index contributed by atoms with van der Waals surface area (Å²) in [5.41, 5.74) is 3.20. The van der Waals surface area contributed by atoms with E-state index in [0.717, 1.165) is 49.8 Å². The van der Waals surface area contributed by atoms with Gasteiger partial charge in [0.25, 0.3) is 0 Å². The van der Waals surface area contributed by atoms with E-state index in [1.54, 1.807) is 4.68 Å². The lowest BCUT2D eigenvalue weighted by Gasteiger charge is -2.33. The van der Waals surface area contributed by atoms with Crippen LogP contribution in [0.4, 0.5) is 5.82 Å². The third-order valence-electron chi connectivity index (χ3n) is 4.54. The summed E-state index contributed by atoms with van der Waals surface area (Å²) in [7, 11) is 4.02. The van der Waals surface area contributed by atoms with E-state index in [0.29, 0.717) is 11.7 Å². The van der Waals surface area contributed by atoms with Crippen molar-refractivity contribution in [2.75, 3.05) is 38.1 Å². The topological polar surface area (TPSA) is 49.2 Å². The molecule has 0 bridgehead atoms. The van der Waals surface area contributed by atoms with Gasteiger partial charge in [0.1, 0.15) is 11.0 Å². The lowest BCUT2D eigenvalue weighted by molar-refractivity contribution is 0.312. The van der Waals surface area contributed by atoms with Gasteiger partial charge in [-0.2, -0.15) is 5.10 Å². The van der Waals surface area contributed by atoms with E-state index in [4.69, 9.17) is 11.6 Å². The number of hydrogen-bond donors (Lipinski definition) is 1. The van der Waals surface area contributed by atoms with Gasteiger partial charge in [-0.05, 0) is 25.6 Å². The molecule has 8 heteroatoms. The summed E-state index contributed by atoms with van der Waals surface area (Å²) in [5, 5.41) is 8.45. The maximum atomic E-state index is 6.25. The summed E-state index contributed by atoms with van der Waals surface area (Å²) in [6.07, 6.45) is 1.96. The summed E-state index contributed by atoms with van der Waals surface area (Å²) >= 11 is 6.25. The number of anilines is 1. The fourth-order valence-electron chi connectivity index (χ4n) is 2.95. The molecular formula is C17H26Cl2N6. The molecule has 6 nitrogen and oxygen atoms in total. The van der Waals surface area contributed by atoms with Crippen LogP contribution < -0.4 is 10.2 Å². The van der Waals surface area contributed by atoms with E-state index in [9.17, 15) is 0 Å². The highest BCUT2D eigenvalue weighted by Gasteiger charge is 2.15. The van der Waals surface area contributed by atoms with Crippen LogP contribution in [0, 0.1) is 6.92 Å². The Labute approximate surface area is 160 Å². The van der Waals surface area contributed by atoms with Gasteiger partial charge in [0.05, 0.1) is 5.69 Å². The Bertz CT molecular complexity index is 677. The van der Waals surface area contributed by atoms with Crippen molar-refractivity contribution in [1.29, 1.82) is 0 Å². The third kappa shape index (κ3) is 4.85. The second kappa shape index (κ2) is 8.85. The van der Waals surface area contributed by atoms with Gasteiger partial charge in [0.15, 0.2) is 0 Å². The zero-order valence-electron chi connectivity index (χ0n) is 15.0. The first-order chi connectivity index (χ1) is 11.5. The molecule has 2 aromatic rings. The molecule has 0 aromatic carbocycles. The standard InChI is InChI=1S/C17H25ClN6.ClH/c1-13-15(17(18)23(3)21-13)12-19-10-14-4-5-16(20-11-14)24-8-6-22(2)7-9-24;/h4-5,11,19H,6-10,12H2,1-3H3;1H. The van der Waals surface area contributed by atoms with Crippen molar-refractivity contribution < 1.29 is 0 Å². The minimum absolute atomic E-state index is 0. The van der Waals surface area contributed by atoms with Gasteiger partial charge < -0.3 is 15.1 Å². The van der Waals surface area contributed by atoms with E-state index < -0.39 is 0 Å². The lowest BCUT2D eigenvalue weighted by atomic mass is 10.2. The summed E-state index contributed by atoms with van der Waals surface area (Å²) in [5.74, 6) is 1.07. The predicted octanol–water partition coefficient (Wildman–Crippen LogP) is 2.24. The molecule has 0 atom stereocenters. The summed E-state index contributed by atoms with van der Waals surface area (Å²) in [4.78, 5) is 9.31. The SMILES string of the molecule is Cc1nn(C)c(Cl)c1CNCc1ccc(N2CCN(C)CC2)nc1.Cl. The number of aryl methyl sites for hydroxylation is 2. The van der Waals surface area contributed by atoms with Crippen molar-refractivity contribution in [3.05, 3.63) is 40.3 Å². The fourth-order valence-corrected chi connectivity index (χ4v) is 3.19. The smallest absolute Gasteiger partial charge is 0.131 e. The van der Waals surface area contributed by atoms with Crippen molar-refractivity contribution in [1.82, 2.24) is 25.0 Å². The van der Waals surface area contributed by atoms with Gasteiger partial charge >= 0.3 is 0 Å². The van der Waals surface area contributed by atoms with E-state index in [-0.39, 0.29) is 12.4 Å². The Balaban J connectivity index is 0.00000225. The molecule has 0 saturated carbocycles. The molecule has 0 amide bonds. The number of nitrogens with one attached hydrogen (secondary N) is 1. The van der Waals surface area contributed by atoms with Crippen LogP contribution in [0.1, 0.15) is 16.8 Å². The summed E-state index contributed by atoms with van der Waals surface area (Å²) in [6.45, 7) is 7.72. The molecule has 1 aliphatic heterocycles. The lowest BCUT2D eigenvalue weighted by Crippen LogP contribution is -2.44. The zero-order chi connectivity index (χ0) is 17.1. The van der Waals surface area contributed by atoms with E-state index in [1.165, 1.54) is 5.56 Å². The zero-order valence-corrected chi connectivity index (χ0v) is 16.6. The minimum atomic E-state index is 0. The van der Waals surface area contributed by atoms with Crippen LogP contribution in [0.15, 0.2) is 18.3 Å². The average molecular weight is 385 g/mol. The van der Waals surface area contributed by atoms with Crippen LogP contribution in [0.5, 0.6) is 0 Å². The van der Waals surface area contributed by atoms with Crippen LogP contribution in [-0.2, 0) is 20.1 Å². The third-order valence-corrected chi connectivity index (χ3v) is 5.01. The van der Waals surface area contributed by atoms with Gasteiger partial charge in [-0.15, -0.1) is 12.4 Å². The summed E-state index contributed by atoms with van der Waals surface area (Å²) in [6, 6.07) is 4.26. The Kier molecular flexibility index (Phi) is 7.07. The fraction of sp³-hybridized carbons (Fsp3) is 0.529. The van der Waals surface area contributed by atoms with Crippen molar-refractivity contribution in [2.45, 2.75) is 20.0 Å². The van der Waals surface area contributed by atoms with E-state index in [1.807, 2.05) is 20.2 Å². The van der Waals surface area contributed by atoms with Crippen LogP contribution in [0.25, 0.3) is 0 Å². The minimum Gasteiger partial charge on any atom is -0.354 e. The Morgan fingerprint density at radius 1 is 1.12 bits per heavy atom. The van der Waals surface area contributed by atoms with Crippen LogP contribution in [-0.4, -0.2) is 52.9 Å². The maximum absolute atomic E-state index is 6.25. The molecule has 0 radical (unpaired) electrons. The average Bonchev–Trinajstić information content (AvgIpc) is 2.82. The number of nitrogens with zero attached hydrogens (tertiary/aromatic N) is 5. The first-order valence-electron chi connectivity index (χ1n) is 8.31. The Morgan fingerprint density at radius 3 is 2.40 bits per heavy atom. The van der Waals surface area contributed by atoms with Gasteiger partial charge in [-0.25, -0.2) is 4.98 Å². The van der Waals surface area contributed by atoms with Gasteiger partial charge in [0, 0.05) is 58.1 Å². The highest BCUT2D eigenvalue weighted by molar-refractivity contribution is 6.30. The quantitative estimate of drug-likeness (QED) is 0.856. The highest BCUT2D eigenvalue weighted by atomic mass is 35.5. The van der Waals surface area contributed by atoms with Gasteiger partial charge in [-0.1, -0.05) is 17.7 Å². The molecule has 138 valence electrons. The molecule has 3 rings (SSSR count). The highest BCUT2D eigenvalue weighted by Crippen LogP contribution is 2.18. The van der Waals surface area contributed by atoms with Crippen LogP contribution in [0.2, 0.25) is 5.15 Å². The number of rotatable bonds is 5. The van der Waals surface area contributed by atoms with Crippen molar-refractivity contribution in [2.24, 2.45) is 7.05 Å². The van der Waals surface area contributed by atoms with Crippen molar-refractivity contribution in [3.63, 3.8) is 0 Å². The first kappa shape index (κ1) is 20.0. The number of aromatic nitrogens is 3. The first-order valence-corrected chi connectivity index (χ1v) is 8.69. The molecule has 1 aliphatic rings.